The summed E-state index contributed by atoms with van der Waals surface area (Å²) in [5.74, 6) is 0. The molecule has 0 fully saturated rings. The highest BCUT2D eigenvalue weighted by Gasteiger charge is 2.16. The summed E-state index contributed by atoms with van der Waals surface area (Å²) >= 11 is 1.85. The lowest BCUT2D eigenvalue weighted by molar-refractivity contribution is 0.668. The molecule has 9 aromatic carbocycles. The molecule has 0 radical (unpaired) electrons. The Morgan fingerprint density at radius 2 is 0.881 bits per heavy atom. The van der Waals surface area contributed by atoms with E-state index in [1.165, 1.54) is 42.0 Å². The third-order valence-corrected chi connectivity index (χ3v) is 13.2. The van der Waals surface area contributed by atoms with Crippen molar-refractivity contribution in [3.8, 4) is 17.1 Å². The normalized spacial score (nSPS) is 12.1. The molecule has 0 amide bonds. The van der Waals surface area contributed by atoms with E-state index in [1.807, 2.05) is 23.5 Å². The molecule has 0 unspecified atom stereocenters. The lowest BCUT2D eigenvalue weighted by Gasteiger charge is -2.14. The van der Waals surface area contributed by atoms with Crippen LogP contribution in [-0.4, -0.2) is 13.7 Å². The number of fused-ring (bicyclic) bond motifs is 13. The minimum absolute atomic E-state index is 0.876. The first-order valence-electron chi connectivity index (χ1n) is 20.0. The molecule has 4 heterocycles. The number of rotatable bonds is 3. The quantitative estimate of drug-likeness (QED) is 0.176. The van der Waals surface area contributed by atoms with Crippen molar-refractivity contribution in [2.24, 2.45) is 0 Å². The maximum atomic E-state index is 6.42. The van der Waals surface area contributed by atoms with Crippen LogP contribution in [0.25, 0.3) is 114 Å². The van der Waals surface area contributed by atoms with E-state index in [-0.39, 0.29) is 0 Å². The van der Waals surface area contributed by atoms with Gasteiger partial charge in [-0.2, -0.15) is 0 Å². The van der Waals surface area contributed by atoms with E-state index in [4.69, 9.17) is 4.42 Å². The van der Waals surface area contributed by atoms with Crippen LogP contribution in [-0.2, 0) is 0 Å². The summed E-state index contributed by atoms with van der Waals surface area (Å²) in [4.78, 5) is 0. The van der Waals surface area contributed by atoms with Crippen LogP contribution in [0.2, 0.25) is 0 Å². The number of hydrogen-bond acceptors (Lipinski definition) is 2. The minimum atomic E-state index is 0.876. The van der Waals surface area contributed by atoms with Crippen molar-refractivity contribution < 1.29 is 4.42 Å². The Kier molecular flexibility index (Phi) is 6.85. The summed E-state index contributed by atoms with van der Waals surface area (Å²) in [5.41, 5.74) is 11.9. The first-order valence-corrected chi connectivity index (χ1v) is 20.8. The molecule has 0 aliphatic rings. The topological polar surface area (TPSA) is 27.9 Å². The summed E-state index contributed by atoms with van der Waals surface area (Å²) in [6.45, 7) is 0. The monoisotopic (exact) mass is 771 g/mol. The zero-order valence-electron chi connectivity index (χ0n) is 31.7. The molecule has 4 nitrogen and oxygen atoms in total. The molecule has 276 valence electrons. The van der Waals surface area contributed by atoms with Gasteiger partial charge in [-0.05, 0) is 126 Å². The lowest BCUT2D eigenvalue weighted by Crippen LogP contribution is -1.98. The largest absolute Gasteiger partial charge is 0.456 e. The first kappa shape index (κ1) is 32.5. The van der Waals surface area contributed by atoms with E-state index < -0.39 is 0 Å². The maximum Gasteiger partial charge on any atom is 0.137 e. The van der Waals surface area contributed by atoms with Gasteiger partial charge in [0, 0.05) is 86.9 Å². The Balaban J connectivity index is 1.13. The molecule has 13 rings (SSSR count). The van der Waals surface area contributed by atoms with E-state index in [0.717, 1.165) is 71.8 Å². The van der Waals surface area contributed by atoms with Crippen LogP contribution < -0.4 is 0 Å². The van der Waals surface area contributed by atoms with Gasteiger partial charge in [0.2, 0.25) is 0 Å². The molecule has 59 heavy (non-hydrogen) atoms. The SMILES string of the molecule is c1ccc(-n2c3ccccc3c3cc(-n4c5cccc(c5)c5cccc(c5)n(-c5ccc6c(c5)oc5ccccc56)c5ccc6sc7ccc4cc7c6c5)ccc32)cc1. The molecule has 0 N–H and O–H groups in total. The van der Waals surface area contributed by atoms with E-state index in [1.54, 1.807) is 0 Å². The van der Waals surface area contributed by atoms with Gasteiger partial charge in [-0.15, -0.1) is 11.3 Å². The molecular weight excluding hydrogens is 739 g/mol. The molecule has 4 aromatic heterocycles. The van der Waals surface area contributed by atoms with Crippen LogP contribution >= 0.6 is 11.3 Å². The van der Waals surface area contributed by atoms with Gasteiger partial charge in [0.1, 0.15) is 11.2 Å². The van der Waals surface area contributed by atoms with Crippen molar-refractivity contribution in [1.82, 2.24) is 13.7 Å². The standard InChI is InChI=1S/C54H33N3OS/c1-2-12-36(13-3-1)57-49-18-6-4-16-43(49)46-30-39(21-25-50(46)57)55-37-14-8-10-34(28-37)35-11-9-15-38(29-35)56(42-20-24-45-44-17-5-7-19-51(44)58-52(45)33-42)41-23-27-54-48(32-41)47-31-40(55)22-26-53(47)59-54/h1-33H. The van der Waals surface area contributed by atoms with Gasteiger partial charge in [0.25, 0.3) is 0 Å². The Labute approximate surface area is 341 Å². The Hall–Kier alpha value is -7.60. The third-order valence-electron chi connectivity index (χ3n) is 12.0. The predicted octanol–water partition coefficient (Wildman–Crippen LogP) is 15.2. The second-order valence-electron chi connectivity index (χ2n) is 15.4. The number of furan rings is 1. The van der Waals surface area contributed by atoms with Gasteiger partial charge in [-0.25, -0.2) is 0 Å². The smallest absolute Gasteiger partial charge is 0.137 e. The van der Waals surface area contributed by atoms with Crippen molar-refractivity contribution in [1.29, 1.82) is 0 Å². The molecule has 0 atom stereocenters. The highest BCUT2D eigenvalue weighted by molar-refractivity contribution is 7.25. The number of hydrogen-bond donors (Lipinski definition) is 0. The summed E-state index contributed by atoms with van der Waals surface area (Å²) in [7, 11) is 0. The first-order chi connectivity index (χ1) is 29.2. The van der Waals surface area contributed by atoms with Crippen LogP contribution in [0, 0.1) is 0 Å². The predicted molar refractivity (Wildman–Crippen MR) is 250 cm³/mol. The zero-order valence-corrected chi connectivity index (χ0v) is 32.5. The molecular formula is C54H33N3OS. The molecule has 0 aliphatic carbocycles. The summed E-state index contributed by atoms with van der Waals surface area (Å²) in [6.07, 6.45) is 0. The third kappa shape index (κ3) is 4.95. The summed E-state index contributed by atoms with van der Waals surface area (Å²) in [5, 5.41) is 9.47. The number of benzene rings is 9. The van der Waals surface area contributed by atoms with Crippen molar-refractivity contribution in [3.63, 3.8) is 0 Å². The second kappa shape index (κ2) is 12.4. The second-order valence-corrected chi connectivity index (χ2v) is 16.5. The highest BCUT2D eigenvalue weighted by atomic mass is 32.1. The molecule has 0 aliphatic heterocycles. The van der Waals surface area contributed by atoms with Crippen molar-refractivity contribution in [3.05, 3.63) is 200 Å². The van der Waals surface area contributed by atoms with Crippen LogP contribution in [0.4, 0.5) is 0 Å². The number of thiophene rings is 1. The highest BCUT2D eigenvalue weighted by Crippen LogP contribution is 2.39. The van der Waals surface area contributed by atoms with E-state index in [2.05, 4.69) is 202 Å². The Bertz CT molecular complexity index is 3910. The molecule has 0 saturated carbocycles. The van der Waals surface area contributed by atoms with E-state index in [0.29, 0.717) is 0 Å². The molecule has 8 bridgehead atoms. The van der Waals surface area contributed by atoms with Crippen molar-refractivity contribution in [2.45, 2.75) is 0 Å². The number of aromatic nitrogens is 3. The fourth-order valence-corrected chi connectivity index (χ4v) is 10.5. The van der Waals surface area contributed by atoms with Gasteiger partial charge in [0.05, 0.1) is 11.0 Å². The van der Waals surface area contributed by atoms with Gasteiger partial charge in [0.15, 0.2) is 0 Å². The Morgan fingerprint density at radius 3 is 1.61 bits per heavy atom. The molecule has 5 heteroatoms. The van der Waals surface area contributed by atoms with Gasteiger partial charge in [-0.1, -0.05) is 78.9 Å². The minimum Gasteiger partial charge on any atom is -0.456 e. The van der Waals surface area contributed by atoms with Gasteiger partial charge in [-0.3, -0.25) is 0 Å². The lowest BCUT2D eigenvalue weighted by atomic mass is 10.1. The number of para-hydroxylation sites is 3. The molecule has 0 spiro atoms. The van der Waals surface area contributed by atoms with Crippen LogP contribution in [0.5, 0.6) is 0 Å². The van der Waals surface area contributed by atoms with E-state index >= 15 is 0 Å². The van der Waals surface area contributed by atoms with Gasteiger partial charge >= 0.3 is 0 Å². The average molecular weight is 772 g/mol. The zero-order chi connectivity index (χ0) is 38.6. The summed E-state index contributed by atoms with van der Waals surface area (Å²) in [6, 6.07) is 73.0. The molecule has 0 saturated heterocycles. The Morgan fingerprint density at radius 1 is 0.305 bits per heavy atom. The summed E-state index contributed by atoms with van der Waals surface area (Å²) < 4.78 is 16.1. The van der Waals surface area contributed by atoms with Crippen LogP contribution in [0.15, 0.2) is 205 Å². The van der Waals surface area contributed by atoms with Crippen LogP contribution in [0.1, 0.15) is 0 Å². The maximum absolute atomic E-state index is 6.42. The van der Waals surface area contributed by atoms with E-state index in [9.17, 15) is 0 Å². The van der Waals surface area contributed by atoms with Crippen molar-refractivity contribution in [2.75, 3.05) is 0 Å². The average Bonchev–Trinajstić information content (AvgIpc) is 3.96. The number of nitrogens with zero attached hydrogens (tertiary/aromatic N) is 3. The fourth-order valence-electron chi connectivity index (χ4n) is 9.38. The fraction of sp³-hybridized carbons (Fsp3) is 0. The van der Waals surface area contributed by atoms with Crippen molar-refractivity contribution >= 4 is 108 Å². The molecule has 13 aromatic rings. The van der Waals surface area contributed by atoms with Gasteiger partial charge < -0.3 is 18.1 Å². The van der Waals surface area contributed by atoms with Crippen LogP contribution in [0.3, 0.4) is 0 Å².